The third-order valence-electron chi connectivity index (χ3n) is 2.52. The fraction of sp³-hybridized carbons (Fsp3) is 0.143. The van der Waals surface area contributed by atoms with Gasteiger partial charge in [0.1, 0.15) is 0 Å². The molecule has 0 fully saturated rings. The summed E-state index contributed by atoms with van der Waals surface area (Å²) in [4.78, 5) is 14.8. The van der Waals surface area contributed by atoms with Gasteiger partial charge in [0.05, 0.1) is 12.2 Å². The smallest absolute Gasteiger partial charge is 0.335 e. The molecule has 0 aliphatic heterocycles. The van der Waals surface area contributed by atoms with Gasteiger partial charge in [0.2, 0.25) is 0 Å². The van der Waals surface area contributed by atoms with Gasteiger partial charge in [-0.2, -0.15) is 0 Å². The number of hydrogen-bond donors (Lipinski definition) is 1. The van der Waals surface area contributed by atoms with Gasteiger partial charge in [-0.05, 0) is 30.3 Å². The molecule has 2 aromatic rings. The Kier molecular flexibility index (Phi) is 4.07. The van der Waals surface area contributed by atoms with Crippen LogP contribution in [0.1, 0.15) is 16.1 Å². The number of aromatic carboxylic acids is 1. The molecule has 1 aromatic carbocycles. The van der Waals surface area contributed by atoms with E-state index in [1.807, 2.05) is 18.2 Å². The van der Waals surface area contributed by atoms with E-state index in [2.05, 4.69) is 4.98 Å². The second kappa shape index (κ2) is 5.95. The number of benzene rings is 1. The molecule has 0 aliphatic rings. The van der Waals surface area contributed by atoms with E-state index in [9.17, 15) is 9.18 Å². The molecule has 1 N–H and O–H groups in total. The zero-order valence-corrected chi connectivity index (χ0v) is 10.0. The Hall–Kier alpha value is -2.43. The van der Waals surface area contributed by atoms with E-state index in [0.29, 0.717) is 6.42 Å². The maximum absolute atomic E-state index is 13.5. The average Bonchev–Trinajstić information content (AvgIpc) is 2.41. The Morgan fingerprint density at radius 2 is 2.16 bits per heavy atom. The van der Waals surface area contributed by atoms with Crippen LogP contribution in [-0.2, 0) is 6.42 Å². The molecule has 0 bridgehead atoms. The average molecular weight is 261 g/mol. The molecule has 98 valence electrons. The predicted octanol–water partition coefficient (Wildman–Crippen LogP) is 2.54. The van der Waals surface area contributed by atoms with Crippen LogP contribution in [0, 0.1) is 5.82 Å². The third kappa shape index (κ3) is 3.51. The lowest BCUT2D eigenvalue weighted by atomic mass is 10.2. The molecule has 1 heterocycles. The summed E-state index contributed by atoms with van der Waals surface area (Å²) in [7, 11) is 0. The minimum absolute atomic E-state index is 0.0425. The number of nitrogens with zero attached hydrogens (tertiary/aromatic N) is 1. The van der Waals surface area contributed by atoms with Crippen LogP contribution >= 0.6 is 0 Å². The largest absolute Gasteiger partial charge is 0.490 e. The SMILES string of the molecule is O=C(O)c1ccc(OCCc2ccccn2)c(F)c1. The highest BCUT2D eigenvalue weighted by Gasteiger charge is 2.09. The zero-order chi connectivity index (χ0) is 13.7. The molecular formula is C14H12FNO3. The molecule has 19 heavy (non-hydrogen) atoms. The summed E-state index contributed by atoms with van der Waals surface area (Å²) < 4.78 is 18.8. The van der Waals surface area contributed by atoms with Crippen LogP contribution in [0.4, 0.5) is 4.39 Å². The monoisotopic (exact) mass is 261 g/mol. The second-order valence-electron chi connectivity index (χ2n) is 3.87. The summed E-state index contributed by atoms with van der Waals surface area (Å²) >= 11 is 0. The van der Waals surface area contributed by atoms with Crippen molar-refractivity contribution >= 4 is 5.97 Å². The van der Waals surface area contributed by atoms with Crippen molar-refractivity contribution < 1.29 is 19.0 Å². The number of aromatic nitrogens is 1. The van der Waals surface area contributed by atoms with E-state index >= 15 is 0 Å². The quantitative estimate of drug-likeness (QED) is 0.898. The van der Waals surface area contributed by atoms with Crippen LogP contribution in [0.3, 0.4) is 0 Å². The number of carbonyl (C=O) groups is 1. The van der Waals surface area contributed by atoms with Gasteiger partial charge in [-0.3, -0.25) is 4.98 Å². The summed E-state index contributed by atoms with van der Waals surface area (Å²) in [6.45, 7) is 0.278. The summed E-state index contributed by atoms with van der Waals surface area (Å²) in [5.41, 5.74) is 0.750. The maximum atomic E-state index is 13.5. The highest BCUT2D eigenvalue weighted by Crippen LogP contribution is 2.18. The Morgan fingerprint density at radius 3 is 2.79 bits per heavy atom. The van der Waals surface area contributed by atoms with Crippen LogP contribution < -0.4 is 4.74 Å². The predicted molar refractivity (Wildman–Crippen MR) is 66.8 cm³/mol. The fourth-order valence-corrected chi connectivity index (χ4v) is 1.56. The number of carboxylic acid groups (broad SMARTS) is 1. The normalized spacial score (nSPS) is 10.2. The Balaban J connectivity index is 1.95. The van der Waals surface area contributed by atoms with Gasteiger partial charge < -0.3 is 9.84 Å². The maximum Gasteiger partial charge on any atom is 0.335 e. The third-order valence-corrected chi connectivity index (χ3v) is 2.52. The van der Waals surface area contributed by atoms with E-state index in [1.54, 1.807) is 6.20 Å². The zero-order valence-electron chi connectivity index (χ0n) is 10.0. The molecule has 0 amide bonds. The highest BCUT2D eigenvalue weighted by atomic mass is 19.1. The highest BCUT2D eigenvalue weighted by molar-refractivity contribution is 5.87. The van der Waals surface area contributed by atoms with Crippen LogP contribution in [-0.4, -0.2) is 22.7 Å². The first-order valence-corrected chi connectivity index (χ1v) is 5.72. The van der Waals surface area contributed by atoms with Crippen LogP contribution in [0.15, 0.2) is 42.6 Å². The molecule has 0 atom stereocenters. The van der Waals surface area contributed by atoms with Crippen molar-refractivity contribution in [2.24, 2.45) is 0 Å². The van der Waals surface area contributed by atoms with Gasteiger partial charge in [0.25, 0.3) is 0 Å². The second-order valence-corrected chi connectivity index (χ2v) is 3.87. The molecule has 5 heteroatoms. The van der Waals surface area contributed by atoms with Gasteiger partial charge in [0.15, 0.2) is 11.6 Å². The van der Waals surface area contributed by atoms with Crippen molar-refractivity contribution in [3.05, 3.63) is 59.7 Å². The first-order valence-electron chi connectivity index (χ1n) is 5.72. The van der Waals surface area contributed by atoms with Crippen molar-refractivity contribution in [3.63, 3.8) is 0 Å². The summed E-state index contributed by atoms with van der Waals surface area (Å²) in [6, 6.07) is 9.10. The lowest BCUT2D eigenvalue weighted by Crippen LogP contribution is -2.05. The van der Waals surface area contributed by atoms with Crippen molar-refractivity contribution in [3.8, 4) is 5.75 Å². The fourth-order valence-electron chi connectivity index (χ4n) is 1.56. The number of hydrogen-bond acceptors (Lipinski definition) is 3. The minimum Gasteiger partial charge on any atom is -0.490 e. The standard InChI is InChI=1S/C14H12FNO3/c15-12-9-10(14(17)18)4-5-13(12)19-8-6-11-3-1-2-7-16-11/h1-5,7,9H,6,8H2,(H,17,18). The van der Waals surface area contributed by atoms with Gasteiger partial charge in [-0.25, -0.2) is 9.18 Å². The lowest BCUT2D eigenvalue weighted by molar-refractivity contribution is 0.0696. The van der Waals surface area contributed by atoms with Gasteiger partial charge in [-0.1, -0.05) is 6.07 Å². The Bertz CT molecular complexity index is 572. The topological polar surface area (TPSA) is 59.4 Å². The van der Waals surface area contributed by atoms with Crippen molar-refractivity contribution in [2.75, 3.05) is 6.61 Å². The van der Waals surface area contributed by atoms with Gasteiger partial charge in [-0.15, -0.1) is 0 Å². The summed E-state index contributed by atoms with van der Waals surface area (Å²) in [6.07, 6.45) is 2.23. The van der Waals surface area contributed by atoms with E-state index in [0.717, 1.165) is 11.8 Å². The summed E-state index contributed by atoms with van der Waals surface area (Å²) in [5, 5.41) is 8.71. The molecule has 0 saturated carbocycles. The molecule has 0 spiro atoms. The van der Waals surface area contributed by atoms with Crippen LogP contribution in [0.5, 0.6) is 5.75 Å². The Labute approximate surface area is 109 Å². The number of pyridine rings is 1. The number of halogens is 1. The van der Waals surface area contributed by atoms with Crippen molar-refractivity contribution in [1.82, 2.24) is 4.98 Å². The van der Waals surface area contributed by atoms with Gasteiger partial charge in [0, 0.05) is 18.3 Å². The van der Waals surface area contributed by atoms with Crippen molar-refractivity contribution in [2.45, 2.75) is 6.42 Å². The minimum atomic E-state index is -1.17. The van der Waals surface area contributed by atoms with E-state index in [-0.39, 0.29) is 17.9 Å². The van der Waals surface area contributed by atoms with Crippen molar-refractivity contribution in [1.29, 1.82) is 0 Å². The van der Waals surface area contributed by atoms with Crippen LogP contribution in [0.2, 0.25) is 0 Å². The first kappa shape index (κ1) is 13.0. The van der Waals surface area contributed by atoms with Crippen LogP contribution in [0.25, 0.3) is 0 Å². The number of rotatable bonds is 5. The molecule has 1 aromatic heterocycles. The van der Waals surface area contributed by atoms with E-state index in [1.165, 1.54) is 12.1 Å². The molecule has 4 nitrogen and oxygen atoms in total. The first-order chi connectivity index (χ1) is 9.16. The lowest BCUT2D eigenvalue weighted by Gasteiger charge is -2.07. The Morgan fingerprint density at radius 1 is 1.32 bits per heavy atom. The molecule has 2 rings (SSSR count). The van der Waals surface area contributed by atoms with E-state index < -0.39 is 11.8 Å². The molecule has 0 saturated heterocycles. The van der Waals surface area contributed by atoms with Gasteiger partial charge >= 0.3 is 5.97 Å². The number of ether oxygens (including phenoxy) is 1. The molecule has 0 unspecified atom stereocenters. The molecular weight excluding hydrogens is 249 g/mol. The molecule has 0 aliphatic carbocycles. The number of carboxylic acids is 1. The van der Waals surface area contributed by atoms with E-state index in [4.69, 9.17) is 9.84 Å². The molecule has 0 radical (unpaired) electrons. The summed E-state index contributed by atoms with van der Waals surface area (Å²) in [5.74, 6) is -1.80.